The summed E-state index contributed by atoms with van der Waals surface area (Å²) in [5.41, 5.74) is 6.70. The molecular weight excluding hydrogens is 246 g/mol. The molecule has 1 aromatic carbocycles. The van der Waals surface area contributed by atoms with Crippen LogP contribution < -0.4 is 11.1 Å². The number of nitro groups is 1. The van der Waals surface area contributed by atoms with Crippen molar-refractivity contribution in [2.45, 2.75) is 26.7 Å². The van der Waals surface area contributed by atoms with Gasteiger partial charge in [-0.3, -0.25) is 14.9 Å². The lowest BCUT2D eigenvalue weighted by Crippen LogP contribution is -2.21. The topological polar surface area (TPSA) is 98.3 Å². The predicted molar refractivity (Wildman–Crippen MR) is 73.9 cm³/mol. The lowest BCUT2D eigenvalue weighted by molar-refractivity contribution is -0.384. The molecule has 3 N–H and O–H groups in total. The molecule has 1 unspecified atom stereocenters. The van der Waals surface area contributed by atoms with Gasteiger partial charge in [-0.25, -0.2) is 0 Å². The zero-order chi connectivity index (χ0) is 14.4. The number of hydrogen-bond acceptors (Lipinski definition) is 4. The summed E-state index contributed by atoms with van der Waals surface area (Å²) in [5, 5.41) is 13.4. The maximum Gasteiger partial charge on any atom is 0.269 e. The molecule has 1 amide bonds. The molecule has 0 radical (unpaired) electrons. The molecule has 0 bridgehead atoms. The number of non-ortho nitro benzene ring substituents is 1. The Labute approximate surface area is 112 Å². The first-order valence-electron chi connectivity index (χ1n) is 6.21. The number of hydrogen-bond donors (Lipinski definition) is 2. The fraction of sp³-hybridized carbons (Fsp3) is 0.462. The number of carbonyl (C=O) groups excluding carboxylic acids is 1. The van der Waals surface area contributed by atoms with Crippen LogP contribution in [0.25, 0.3) is 0 Å². The third-order valence-corrected chi connectivity index (χ3v) is 2.97. The highest BCUT2D eigenvalue weighted by Crippen LogP contribution is 2.22. The molecule has 0 heterocycles. The largest absolute Gasteiger partial charge is 0.330 e. The van der Waals surface area contributed by atoms with Crippen LogP contribution in [0.15, 0.2) is 18.2 Å². The van der Waals surface area contributed by atoms with Crippen LogP contribution in [0, 0.1) is 23.0 Å². The van der Waals surface area contributed by atoms with Crippen LogP contribution in [0.4, 0.5) is 11.4 Å². The molecule has 1 aromatic rings. The van der Waals surface area contributed by atoms with Gasteiger partial charge in [0, 0.05) is 23.7 Å². The highest BCUT2D eigenvalue weighted by atomic mass is 16.6. The molecule has 0 aliphatic rings. The second-order valence-electron chi connectivity index (χ2n) is 4.58. The van der Waals surface area contributed by atoms with E-state index in [1.54, 1.807) is 13.0 Å². The van der Waals surface area contributed by atoms with Crippen LogP contribution in [-0.2, 0) is 4.79 Å². The van der Waals surface area contributed by atoms with Crippen molar-refractivity contribution in [3.05, 3.63) is 33.9 Å². The molecule has 0 aliphatic carbocycles. The van der Waals surface area contributed by atoms with E-state index in [-0.39, 0.29) is 17.5 Å². The Bertz CT molecular complexity index is 474. The Balaban J connectivity index is 2.72. The quantitative estimate of drug-likeness (QED) is 0.608. The summed E-state index contributed by atoms with van der Waals surface area (Å²) in [6.45, 7) is 4.13. The number of anilines is 1. The lowest BCUT2D eigenvalue weighted by atomic mass is 10.0. The van der Waals surface area contributed by atoms with Crippen molar-refractivity contribution in [3.63, 3.8) is 0 Å². The number of benzene rings is 1. The van der Waals surface area contributed by atoms with Crippen molar-refractivity contribution in [2.75, 3.05) is 11.9 Å². The number of nitro benzene ring substituents is 1. The first-order chi connectivity index (χ1) is 8.95. The summed E-state index contributed by atoms with van der Waals surface area (Å²) in [6.07, 6.45) is 1.53. The molecule has 19 heavy (non-hydrogen) atoms. The van der Waals surface area contributed by atoms with Gasteiger partial charge in [0.15, 0.2) is 0 Å². The van der Waals surface area contributed by atoms with Gasteiger partial charge in [0.05, 0.1) is 4.92 Å². The van der Waals surface area contributed by atoms with E-state index in [1.807, 2.05) is 6.92 Å². The zero-order valence-electron chi connectivity index (χ0n) is 11.2. The van der Waals surface area contributed by atoms with Gasteiger partial charge in [0.25, 0.3) is 5.69 Å². The van der Waals surface area contributed by atoms with Gasteiger partial charge < -0.3 is 11.1 Å². The molecular formula is C13H19N3O3. The van der Waals surface area contributed by atoms with Crippen molar-refractivity contribution in [2.24, 2.45) is 11.7 Å². The van der Waals surface area contributed by atoms with Crippen molar-refractivity contribution in [3.8, 4) is 0 Å². The Morgan fingerprint density at radius 3 is 2.74 bits per heavy atom. The first kappa shape index (κ1) is 15.1. The van der Waals surface area contributed by atoms with Crippen LogP contribution in [-0.4, -0.2) is 17.4 Å². The monoisotopic (exact) mass is 265 g/mol. The van der Waals surface area contributed by atoms with Gasteiger partial charge in [-0.1, -0.05) is 6.92 Å². The fourth-order valence-corrected chi connectivity index (χ4v) is 1.71. The standard InChI is InChI=1S/C13H19N3O3/c1-9(4-3-7-14)13(17)15-12-6-5-11(16(18)19)8-10(12)2/h5-6,8-9H,3-4,7,14H2,1-2H3,(H,15,17). The van der Waals surface area contributed by atoms with E-state index in [0.29, 0.717) is 17.8 Å². The van der Waals surface area contributed by atoms with Crippen LogP contribution in [0.5, 0.6) is 0 Å². The number of aryl methyl sites for hydroxylation is 1. The molecule has 0 aliphatic heterocycles. The SMILES string of the molecule is Cc1cc([N+](=O)[O-])ccc1NC(=O)C(C)CCCN. The maximum atomic E-state index is 11.9. The first-order valence-corrected chi connectivity index (χ1v) is 6.21. The van der Waals surface area contributed by atoms with Gasteiger partial charge >= 0.3 is 0 Å². The van der Waals surface area contributed by atoms with Gasteiger partial charge in [-0.2, -0.15) is 0 Å². The number of carbonyl (C=O) groups is 1. The molecule has 1 rings (SSSR count). The molecule has 0 saturated carbocycles. The number of rotatable bonds is 6. The van der Waals surface area contributed by atoms with Crippen molar-refractivity contribution < 1.29 is 9.72 Å². The van der Waals surface area contributed by atoms with Crippen LogP contribution in [0.3, 0.4) is 0 Å². The molecule has 0 fully saturated rings. The summed E-state index contributed by atoms with van der Waals surface area (Å²) < 4.78 is 0. The number of nitrogens with two attached hydrogens (primary N) is 1. The lowest BCUT2D eigenvalue weighted by Gasteiger charge is -2.13. The normalized spacial score (nSPS) is 11.9. The Morgan fingerprint density at radius 1 is 1.53 bits per heavy atom. The van der Waals surface area contributed by atoms with E-state index in [0.717, 1.165) is 12.8 Å². The summed E-state index contributed by atoms with van der Waals surface area (Å²) in [6, 6.07) is 4.38. The van der Waals surface area contributed by atoms with E-state index < -0.39 is 4.92 Å². The van der Waals surface area contributed by atoms with E-state index in [2.05, 4.69) is 5.32 Å². The molecule has 1 atom stereocenters. The van der Waals surface area contributed by atoms with Gasteiger partial charge in [-0.15, -0.1) is 0 Å². The highest BCUT2D eigenvalue weighted by molar-refractivity contribution is 5.93. The molecule has 6 heteroatoms. The van der Waals surface area contributed by atoms with E-state index in [1.165, 1.54) is 12.1 Å². The summed E-state index contributed by atoms with van der Waals surface area (Å²) in [4.78, 5) is 22.1. The van der Waals surface area contributed by atoms with Crippen molar-refractivity contribution >= 4 is 17.3 Å². The molecule has 0 aromatic heterocycles. The minimum absolute atomic E-state index is 0.0201. The number of nitrogens with one attached hydrogen (secondary N) is 1. The number of nitrogens with zero attached hydrogens (tertiary/aromatic N) is 1. The van der Waals surface area contributed by atoms with Gasteiger partial charge in [0.1, 0.15) is 0 Å². The summed E-state index contributed by atoms with van der Waals surface area (Å²) >= 11 is 0. The molecule has 0 spiro atoms. The van der Waals surface area contributed by atoms with Crippen molar-refractivity contribution in [1.29, 1.82) is 0 Å². The predicted octanol–water partition coefficient (Wildman–Crippen LogP) is 2.22. The average molecular weight is 265 g/mol. The smallest absolute Gasteiger partial charge is 0.269 e. The molecule has 104 valence electrons. The van der Waals surface area contributed by atoms with Crippen LogP contribution in [0.2, 0.25) is 0 Å². The molecule has 0 saturated heterocycles. The van der Waals surface area contributed by atoms with E-state index >= 15 is 0 Å². The van der Waals surface area contributed by atoms with E-state index in [4.69, 9.17) is 5.73 Å². The maximum absolute atomic E-state index is 11.9. The van der Waals surface area contributed by atoms with Gasteiger partial charge in [-0.05, 0) is 37.9 Å². The Kier molecular flexibility index (Phi) is 5.44. The van der Waals surface area contributed by atoms with Crippen molar-refractivity contribution in [1.82, 2.24) is 0 Å². The van der Waals surface area contributed by atoms with Gasteiger partial charge in [0.2, 0.25) is 5.91 Å². The fourth-order valence-electron chi connectivity index (χ4n) is 1.71. The Hall–Kier alpha value is -1.95. The third kappa shape index (κ3) is 4.33. The summed E-state index contributed by atoms with van der Waals surface area (Å²) in [7, 11) is 0. The van der Waals surface area contributed by atoms with Crippen LogP contribution >= 0.6 is 0 Å². The van der Waals surface area contributed by atoms with E-state index in [9.17, 15) is 14.9 Å². The summed E-state index contributed by atoms with van der Waals surface area (Å²) in [5.74, 6) is -0.219. The average Bonchev–Trinajstić information content (AvgIpc) is 2.37. The number of amides is 1. The third-order valence-electron chi connectivity index (χ3n) is 2.97. The highest BCUT2D eigenvalue weighted by Gasteiger charge is 2.14. The zero-order valence-corrected chi connectivity index (χ0v) is 11.2. The minimum Gasteiger partial charge on any atom is -0.330 e. The molecule has 6 nitrogen and oxygen atoms in total. The van der Waals surface area contributed by atoms with Crippen LogP contribution in [0.1, 0.15) is 25.3 Å². The minimum atomic E-state index is -0.456. The second kappa shape index (κ2) is 6.84. The Morgan fingerprint density at radius 2 is 2.21 bits per heavy atom. The second-order valence-corrected chi connectivity index (χ2v) is 4.58.